The van der Waals surface area contributed by atoms with E-state index in [0.29, 0.717) is 36.8 Å². The average Bonchev–Trinajstić information content (AvgIpc) is 2.47. The molecule has 0 fully saturated rings. The van der Waals surface area contributed by atoms with Gasteiger partial charge in [0.05, 0.1) is 13.7 Å². The van der Waals surface area contributed by atoms with Crippen molar-refractivity contribution in [3.05, 3.63) is 49.1 Å². The first-order chi connectivity index (χ1) is 9.67. The second-order valence-corrected chi connectivity index (χ2v) is 4.09. The molecule has 20 heavy (non-hydrogen) atoms. The van der Waals surface area contributed by atoms with E-state index in [1.54, 1.807) is 42.4 Å². The van der Waals surface area contributed by atoms with Crippen molar-refractivity contribution in [3.8, 4) is 11.5 Å². The minimum Gasteiger partial charge on any atom is -0.493 e. The third kappa shape index (κ3) is 3.88. The molecule has 108 valence electrons. The van der Waals surface area contributed by atoms with E-state index in [-0.39, 0.29) is 5.91 Å². The standard InChI is InChI=1S/C16H21NO3/c1-5-10-17(11-6-2)16(18)13-8-9-14(20-7-3)15(12-13)19-4/h5-6,8-9,12H,1-2,7,10-11H2,3-4H3. The molecule has 0 atom stereocenters. The minimum absolute atomic E-state index is 0.0915. The molecular weight excluding hydrogens is 254 g/mol. The van der Waals surface area contributed by atoms with Gasteiger partial charge in [-0.2, -0.15) is 0 Å². The molecule has 0 saturated heterocycles. The van der Waals surface area contributed by atoms with Crippen LogP contribution in [0.1, 0.15) is 17.3 Å². The summed E-state index contributed by atoms with van der Waals surface area (Å²) in [6.45, 7) is 10.7. The maximum atomic E-state index is 12.4. The first kappa shape index (κ1) is 15.8. The quantitative estimate of drug-likeness (QED) is 0.685. The van der Waals surface area contributed by atoms with E-state index in [2.05, 4.69) is 13.2 Å². The largest absolute Gasteiger partial charge is 0.493 e. The van der Waals surface area contributed by atoms with Crippen molar-refractivity contribution in [2.45, 2.75) is 6.92 Å². The molecule has 0 radical (unpaired) electrons. The average molecular weight is 275 g/mol. The number of benzene rings is 1. The van der Waals surface area contributed by atoms with Gasteiger partial charge < -0.3 is 14.4 Å². The van der Waals surface area contributed by atoms with E-state index in [4.69, 9.17) is 9.47 Å². The molecule has 1 aromatic rings. The smallest absolute Gasteiger partial charge is 0.254 e. The summed E-state index contributed by atoms with van der Waals surface area (Å²) >= 11 is 0. The topological polar surface area (TPSA) is 38.8 Å². The van der Waals surface area contributed by atoms with Crippen LogP contribution in [0.25, 0.3) is 0 Å². The molecule has 1 amide bonds. The van der Waals surface area contributed by atoms with Gasteiger partial charge in [0.1, 0.15) is 0 Å². The first-order valence-corrected chi connectivity index (χ1v) is 6.49. The SMILES string of the molecule is C=CCN(CC=C)C(=O)c1ccc(OCC)c(OC)c1. The molecule has 0 unspecified atom stereocenters. The summed E-state index contributed by atoms with van der Waals surface area (Å²) in [6.07, 6.45) is 3.38. The summed E-state index contributed by atoms with van der Waals surface area (Å²) in [5.41, 5.74) is 0.550. The van der Waals surface area contributed by atoms with Gasteiger partial charge in [-0.3, -0.25) is 4.79 Å². The Balaban J connectivity index is 3.02. The molecule has 4 nitrogen and oxygen atoms in total. The number of carbonyl (C=O) groups is 1. The lowest BCUT2D eigenvalue weighted by atomic mass is 10.1. The maximum absolute atomic E-state index is 12.4. The van der Waals surface area contributed by atoms with Gasteiger partial charge >= 0.3 is 0 Å². The molecule has 0 heterocycles. The van der Waals surface area contributed by atoms with Gasteiger partial charge in [0, 0.05) is 18.7 Å². The van der Waals surface area contributed by atoms with Crippen molar-refractivity contribution >= 4 is 5.91 Å². The molecule has 1 aromatic carbocycles. The van der Waals surface area contributed by atoms with Crippen LogP contribution in [0.3, 0.4) is 0 Å². The van der Waals surface area contributed by atoms with Gasteiger partial charge in [0.15, 0.2) is 11.5 Å². The monoisotopic (exact) mass is 275 g/mol. The van der Waals surface area contributed by atoms with Crippen LogP contribution >= 0.6 is 0 Å². The van der Waals surface area contributed by atoms with Crippen LogP contribution in [0.15, 0.2) is 43.5 Å². The molecule has 0 bridgehead atoms. The highest BCUT2D eigenvalue weighted by atomic mass is 16.5. The number of amides is 1. The second-order valence-electron chi connectivity index (χ2n) is 4.09. The molecule has 0 aromatic heterocycles. The number of hydrogen-bond donors (Lipinski definition) is 0. The van der Waals surface area contributed by atoms with Crippen molar-refractivity contribution in [3.63, 3.8) is 0 Å². The molecular formula is C16H21NO3. The van der Waals surface area contributed by atoms with E-state index < -0.39 is 0 Å². The van der Waals surface area contributed by atoms with Crippen LogP contribution in [-0.4, -0.2) is 37.6 Å². The van der Waals surface area contributed by atoms with E-state index >= 15 is 0 Å². The van der Waals surface area contributed by atoms with Gasteiger partial charge in [-0.05, 0) is 25.1 Å². The summed E-state index contributed by atoms with van der Waals surface area (Å²) < 4.78 is 10.7. The molecule has 0 aliphatic rings. The highest BCUT2D eigenvalue weighted by Crippen LogP contribution is 2.28. The molecule has 0 saturated carbocycles. The van der Waals surface area contributed by atoms with Crippen molar-refractivity contribution < 1.29 is 14.3 Å². The third-order valence-electron chi connectivity index (χ3n) is 2.70. The van der Waals surface area contributed by atoms with Gasteiger partial charge in [-0.15, -0.1) is 13.2 Å². The minimum atomic E-state index is -0.0915. The van der Waals surface area contributed by atoms with Crippen molar-refractivity contribution in [2.24, 2.45) is 0 Å². The lowest BCUT2D eigenvalue weighted by Crippen LogP contribution is -2.31. The predicted octanol–water partition coefficient (Wildman–Crippen LogP) is 2.91. The zero-order valence-electron chi connectivity index (χ0n) is 12.1. The first-order valence-electron chi connectivity index (χ1n) is 6.49. The Kier molecular flexibility index (Phi) is 6.37. The Bertz CT molecular complexity index is 473. The number of hydrogen-bond acceptors (Lipinski definition) is 3. The Labute approximate surface area is 120 Å². The number of nitrogens with zero attached hydrogens (tertiary/aromatic N) is 1. The molecule has 0 spiro atoms. The van der Waals surface area contributed by atoms with Crippen LogP contribution in [0.2, 0.25) is 0 Å². The summed E-state index contributed by atoms with van der Waals surface area (Å²) in [5.74, 6) is 1.09. The molecule has 4 heteroatoms. The lowest BCUT2D eigenvalue weighted by molar-refractivity contribution is 0.0790. The van der Waals surface area contributed by atoms with Crippen molar-refractivity contribution in [1.29, 1.82) is 0 Å². The highest BCUT2D eigenvalue weighted by Gasteiger charge is 2.16. The molecule has 0 aliphatic carbocycles. The number of rotatable bonds is 8. The van der Waals surface area contributed by atoms with Crippen molar-refractivity contribution in [1.82, 2.24) is 4.90 Å². The van der Waals surface area contributed by atoms with Gasteiger partial charge in [-0.1, -0.05) is 12.2 Å². The molecule has 0 aliphatic heterocycles. The Hall–Kier alpha value is -2.23. The zero-order chi connectivity index (χ0) is 15.0. The maximum Gasteiger partial charge on any atom is 0.254 e. The Morgan fingerprint density at radius 2 is 1.90 bits per heavy atom. The Morgan fingerprint density at radius 1 is 1.25 bits per heavy atom. The summed E-state index contributed by atoms with van der Waals surface area (Å²) in [7, 11) is 1.55. The number of ether oxygens (including phenoxy) is 2. The number of carbonyl (C=O) groups excluding carboxylic acids is 1. The molecule has 0 N–H and O–H groups in total. The second kappa shape index (κ2) is 8.04. The van der Waals surface area contributed by atoms with Gasteiger partial charge in [0.25, 0.3) is 5.91 Å². The van der Waals surface area contributed by atoms with Crippen LogP contribution in [0, 0.1) is 0 Å². The Morgan fingerprint density at radius 3 is 2.40 bits per heavy atom. The van der Waals surface area contributed by atoms with Crippen LogP contribution < -0.4 is 9.47 Å². The molecule has 1 rings (SSSR count). The lowest BCUT2D eigenvalue weighted by Gasteiger charge is -2.20. The summed E-state index contributed by atoms with van der Waals surface area (Å²) in [6, 6.07) is 5.16. The van der Waals surface area contributed by atoms with Gasteiger partial charge in [0.2, 0.25) is 0 Å². The van der Waals surface area contributed by atoms with Crippen molar-refractivity contribution in [2.75, 3.05) is 26.8 Å². The zero-order valence-corrected chi connectivity index (χ0v) is 12.1. The van der Waals surface area contributed by atoms with E-state index in [1.165, 1.54) is 0 Å². The third-order valence-corrected chi connectivity index (χ3v) is 2.70. The summed E-state index contributed by atoms with van der Waals surface area (Å²) in [5, 5.41) is 0. The highest BCUT2D eigenvalue weighted by molar-refractivity contribution is 5.95. The van der Waals surface area contributed by atoms with E-state index in [1.807, 2.05) is 6.92 Å². The van der Waals surface area contributed by atoms with E-state index in [0.717, 1.165) is 0 Å². The normalized spacial score (nSPS) is 9.70. The van der Waals surface area contributed by atoms with E-state index in [9.17, 15) is 4.79 Å². The van der Waals surface area contributed by atoms with Gasteiger partial charge in [-0.25, -0.2) is 0 Å². The predicted molar refractivity (Wildman–Crippen MR) is 80.5 cm³/mol. The fourth-order valence-corrected chi connectivity index (χ4v) is 1.81. The number of methoxy groups -OCH3 is 1. The van der Waals surface area contributed by atoms with Crippen LogP contribution in [0.4, 0.5) is 0 Å². The fourth-order valence-electron chi connectivity index (χ4n) is 1.81. The van der Waals surface area contributed by atoms with Crippen LogP contribution in [0.5, 0.6) is 11.5 Å². The fraction of sp³-hybridized carbons (Fsp3) is 0.312. The van der Waals surface area contributed by atoms with Crippen LogP contribution in [-0.2, 0) is 0 Å². The summed E-state index contributed by atoms with van der Waals surface area (Å²) in [4.78, 5) is 14.0.